The first-order valence-electron chi connectivity index (χ1n) is 8.05. The third-order valence-electron chi connectivity index (χ3n) is 4.55. The minimum atomic E-state index is -3.52. The van der Waals surface area contributed by atoms with Crippen LogP contribution in [0.3, 0.4) is 0 Å². The molecule has 1 fully saturated rings. The van der Waals surface area contributed by atoms with Crippen molar-refractivity contribution < 1.29 is 23.1 Å². The molecule has 1 saturated carbocycles. The van der Waals surface area contributed by atoms with E-state index in [0.29, 0.717) is 12.8 Å². The van der Waals surface area contributed by atoms with Crippen molar-refractivity contribution in [3.05, 3.63) is 35.9 Å². The van der Waals surface area contributed by atoms with Gasteiger partial charge in [-0.15, -0.1) is 0 Å². The fraction of sp³-hybridized carbons (Fsp3) is 0.529. The van der Waals surface area contributed by atoms with Crippen LogP contribution in [0.4, 0.5) is 0 Å². The smallest absolute Gasteiger partial charge is 0.326 e. The molecule has 1 aliphatic carbocycles. The van der Waals surface area contributed by atoms with Crippen molar-refractivity contribution in [3.8, 4) is 0 Å². The van der Waals surface area contributed by atoms with Gasteiger partial charge in [-0.1, -0.05) is 43.2 Å². The maximum atomic E-state index is 12.3. The molecule has 0 heterocycles. The van der Waals surface area contributed by atoms with Crippen molar-refractivity contribution in [2.45, 2.75) is 43.4 Å². The minimum Gasteiger partial charge on any atom is -0.480 e. The summed E-state index contributed by atoms with van der Waals surface area (Å²) in [6.07, 6.45) is 3.04. The standard InChI is InChI=1S/C17H23NO5S/c1-18(15(17(20)21)11-13-7-3-2-4-8-13)16(19)12-24(22,23)14-9-5-6-10-14/h2-4,7-8,14-15H,5-6,9-12H2,1H3,(H,20,21). The van der Waals surface area contributed by atoms with Gasteiger partial charge in [0.2, 0.25) is 5.91 Å². The first kappa shape index (κ1) is 18.4. The predicted molar refractivity (Wildman–Crippen MR) is 90.4 cm³/mol. The van der Waals surface area contributed by atoms with Crippen molar-refractivity contribution in [1.29, 1.82) is 0 Å². The molecule has 0 radical (unpaired) electrons. The summed E-state index contributed by atoms with van der Waals surface area (Å²) in [7, 11) is -2.17. The molecule has 0 aliphatic heterocycles. The van der Waals surface area contributed by atoms with Gasteiger partial charge in [0.1, 0.15) is 11.8 Å². The van der Waals surface area contributed by atoms with Gasteiger partial charge in [0.15, 0.2) is 9.84 Å². The quantitative estimate of drug-likeness (QED) is 0.802. The molecule has 0 spiro atoms. The second kappa shape index (κ2) is 7.79. The van der Waals surface area contributed by atoms with E-state index in [0.717, 1.165) is 23.3 Å². The first-order chi connectivity index (χ1) is 11.3. The van der Waals surface area contributed by atoms with Gasteiger partial charge >= 0.3 is 5.97 Å². The molecule has 0 saturated heterocycles. The number of likely N-dealkylation sites (N-methyl/N-ethyl adjacent to an activating group) is 1. The van der Waals surface area contributed by atoms with Crippen molar-refractivity contribution >= 4 is 21.7 Å². The largest absolute Gasteiger partial charge is 0.480 e. The number of amides is 1. The Morgan fingerprint density at radius 3 is 2.33 bits per heavy atom. The summed E-state index contributed by atoms with van der Waals surface area (Å²) in [6.45, 7) is 0. The summed E-state index contributed by atoms with van der Waals surface area (Å²) < 4.78 is 24.6. The molecule has 1 aromatic rings. The molecule has 0 aromatic heterocycles. The van der Waals surface area contributed by atoms with Gasteiger partial charge in [-0.2, -0.15) is 0 Å². The van der Waals surface area contributed by atoms with Gasteiger partial charge in [0.25, 0.3) is 0 Å². The molecular weight excluding hydrogens is 330 g/mol. The molecule has 1 aromatic carbocycles. The normalized spacial score (nSPS) is 16.7. The van der Waals surface area contributed by atoms with E-state index in [1.54, 1.807) is 24.3 Å². The van der Waals surface area contributed by atoms with Crippen LogP contribution in [0.15, 0.2) is 30.3 Å². The second-order valence-electron chi connectivity index (χ2n) is 6.26. The third-order valence-corrected chi connectivity index (χ3v) is 6.69. The van der Waals surface area contributed by atoms with Gasteiger partial charge in [-0.25, -0.2) is 13.2 Å². The average Bonchev–Trinajstić information content (AvgIpc) is 3.07. The van der Waals surface area contributed by atoms with Gasteiger partial charge in [-0.05, 0) is 18.4 Å². The van der Waals surface area contributed by atoms with Crippen molar-refractivity contribution in [2.24, 2.45) is 0 Å². The zero-order valence-corrected chi connectivity index (χ0v) is 14.5. The molecule has 1 atom stereocenters. The Bertz CT molecular complexity index is 680. The van der Waals surface area contributed by atoms with E-state index in [1.165, 1.54) is 7.05 Å². The van der Waals surface area contributed by atoms with Crippen molar-refractivity contribution in [2.75, 3.05) is 12.8 Å². The monoisotopic (exact) mass is 353 g/mol. The average molecular weight is 353 g/mol. The maximum Gasteiger partial charge on any atom is 0.326 e. The highest BCUT2D eigenvalue weighted by Gasteiger charge is 2.34. The number of benzene rings is 1. The summed E-state index contributed by atoms with van der Waals surface area (Å²) >= 11 is 0. The van der Waals surface area contributed by atoms with Crippen LogP contribution in [0.5, 0.6) is 0 Å². The fourth-order valence-corrected chi connectivity index (χ4v) is 4.88. The molecule has 0 bridgehead atoms. The Morgan fingerprint density at radius 1 is 1.21 bits per heavy atom. The highest BCUT2D eigenvalue weighted by molar-refractivity contribution is 7.92. The van der Waals surface area contributed by atoms with Crippen LogP contribution in [-0.4, -0.2) is 54.4 Å². The number of rotatable bonds is 7. The second-order valence-corrected chi connectivity index (χ2v) is 8.54. The Morgan fingerprint density at radius 2 is 1.79 bits per heavy atom. The molecule has 7 heteroatoms. The first-order valence-corrected chi connectivity index (χ1v) is 9.77. The van der Waals surface area contributed by atoms with Crippen LogP contribution < -0.4 is 0 Å². The number of carbonyl (C=O) groups excluding carboxylic acids is 1. The molecule has 1 N–H and O–H groups in total. The number of sulfone groups is 1. The third kappa shape index (κ3) is 4.56. The van der Waals surface area contributed by atoms with Crippen molar-refractivity contribution in [3.63, 3.8) is 0 Å². The van der Waals surface area contributed by atoms with E-state index in [-0.39, 0.29) is 6.42 Å². The van der Waals surface area contributed by atoms with Crippen LogP contribution in [0, 0.1) is 0 Å². The van der Waals surface area contributed by atoms with Crippen LogP contribution >= 0.6 is 0 Å². The van der Waals surface area contributed by atoms with Crippen LogP contribution in [0.2, 0.25) is 0 Å². The lowest BCUT2D eigenvalue weighted by molar-refractivity contribution is -0.148. The number of hydrogen-bond donors (Lipinski definition) is 1. The number of carbonyl (C=O) groups is 2. The molecule has 1 amide bonds. The highest BCUT2D eigenvalue weighted by Crippen LogP contribution is 2.25. The number of hydrogen-bond acceptors (Lipinski definition) is 4. The van der Waals surface area contributed by atoms with Gasteiger partial charge in [0.05, 0.1) is 5.25 Å². The summed E-state index contributed by atoms with van der Waals surface area (Å²) in [4.78, 5) is 24.9. The van der Waals surface area contributed by atoms with Gasteiger partial charge in [-0.3, -0.25) is 4.79 Å². The summed E-state index contributed by atoms with van der Waals surface area (Å²) in [5.74, 6) is -2.43. The summed E-state index contributed by atoms with van der Waals surface area (Å²) in [5, 5.41) is 8.95. The van der Waals surface area contributed by atoms with Crippen LogP contribution in [0.1, 0.15) is 31.2 Å². The van der Waals surface area contributed by atoms with E-state index in [4.69, 9.17) is 0 Å². The maximum absolute atomic E-state index is 12.3. The number of aliphatic carboxylic acids is 1. The zero-order valence-electron chi connectivity index (χ0n) is 13.7. The van der Waals surface area contributed by atoms with Crippen LogP contribution in [0.25, 0.3) is 0 Å². The lowest BCUT2D eigenvalue weighted by atomic mass is 10.1. The minimum absolute atomic E-state index is 0.141. The molecule has 132 valence electrons. The Labute approximate surface area is 142 Å². The summed E-state index contributed by atoms with van der Waals surface area (Å²) in [5.41, 5.74) is 0.781. The van der Waals surface area contributed by atoms with E-state index in [1.807, 2.05) is 6.07 Å². The zero-order chi connectivity index (χ0) is 17.7. The SMILES string of the molecule is CN(C(=O)CS(=O)(=O)C1CCCC1)C(Cc1ccccc1)C(=O)O. The number of carboxylic acid groups (broad SMARTS) is 1. The lowest BCUT2D eigenvalue weighted by Crippen LogP contribution is -2.46. The van der Waals surface area contributed by atoms with E-state index >= 15 is 0 Å². The Kier molecular flexibility index (Phi) is 5.99. The number of nitrogens with zero attached hydrogens (tertiary/aromatic N) is 1. The molecule has 2 rings (SSSR count). The fourth-order valence-electron chi connectivity index (χ4n) is 3.04. The molecule has 1 aliphatic rings. The number of carboxylic acids is 1. The molecule has 1 unspecified atom stereocenters. The predicted octanol–water partition coefficient (Wildman–Crippen LogP) is 1.50. The van der Waals surface area contributed by atoms with Gasteiger partial charge in [0, 0.05) is 13.5 Å². The van der Waals surface area contributed by atoms with Crippen molar-refractivity contribution in [1.82, 2.24) is 4.90 Å². The Balaban J connectivity index is 2.07. The van der Waals surface area contributed by atoms with Gasteiger partial charge < -0.3 is 10.0 Å². The molecule has 24 heavy (non-hydrogen) atoms. The van der Waals surface area contributed by atoms with E-state index in [9.17, 15) is 23.1 Å². The van der Waals surface area contributed by atoms with Crippen LogP contribution in [-0.2, 0) is 25.8 Å². The summed E-state index contributed by atoms with van der Waals surface area (Å²) in [6, 6.07) is 7.88. The Hall–Kier alpha value is -1.89. The topological polar surface area (TPSA) is 91.8 Å². The molecular formula is C17H23NO5S. The lowest BCUT2D eigenvalue weighted by Gasteiger charge is -2.25. The van der Waals surface area contributed by atoms with E-state index in [2.05, 4.69) is 0 Å². The van der Waals surface area contributed by atoms with E-state index < -0.39 is 38.8 Å². The highest BCUT2D eigenvalue weighted by atomic mass is 32.2. The molecule has 6 nitrogen and oxygen atoms in total.